The molecule has 16 heavy (non-hydrogen) atoms. The Bertz CT molecular complexity index is 403. The minimum atomic E-state index is -0.646. The first kappa shape index (κ1) is 11.4. The second kappa shape index (κ2) is 3.74. The molecule has 1 aromatic carbocycles. The third-order valence-corrected chi connectivity index (χ3v) is 3.49. The van der Waals surface area contributed by atoms with Crippen LogP contribution in [0, 0.1) is 11.7 Å². The van der Waals surface area contributed by atoms with Crippen LogP contribution in [0.25, 0.3) is 0 Å². The van der Waals surface area contributed by atoms with Gasteiger partial charge in [-0.25, -0.2) is 4.39 Å². The fourth-order valence-corrected chi connectivity index (χ4v) is 2.01. The summed E-state index contributed by atoms with van der Waals surface area (Å²) in [7, 11) is 0. The lowest BCUT2D eigenvalue weighted by atomic mass is 9.82. The quantitative estimate of drug-likeness (QED) is 0.794. The number of hydrogen-bond donors (Lipinski definition) is 1. The smallest absolute Gasteiger partial charge is 0.126 e. The van der Waals surface area contributed by atoms with Crippen LogP contribution < -0.4 is 4.74 Å². The van der Waals surface area contributed by atoms with Crippen LogP contribution in [-0.2, 0) is 0 Å². The van der Waals surface area contributed by atoms with Gasteiger partial charge >= 0.3 is 0 Å². The molecule has 2 rings (SSSR count). The van der Waals surface area contributed by atoms with Crippen LogP contribution in [0.15, 0.2) is 18.2 Å². The number of hydrogen-bond acceptors (Lipinski definition) is 2. The highest BCUT2D eigenvalue weighted by Gasteiger charge is 2.39. The van der Waals surface area contributed by atoms with Crippen LogP contribution in [0.5, 0.6) is 5.75 Å². The zero-order valence-electron chi connectivity index (χ0n) is 9.83. The van der Waals surface area contributed by atoms with Gasteiger partial charge in [-0.15, -0.1) is 0 Å². The van der Waals surface area contributed by atoms with Crippen LogP contribution in [0.4, 0.5) is 4.39 Å². The largest absolute Gasteiger partial charge is 0.487 e. The van der Waals surface area contributed by atoms with E-state index in [4.69, 9.17) is 4.74 Å². The molecule has 0 spiro atoms. The number of rotatable bonds is 1. The molecule has 2 nitrogen and oxygen atoms in total. The summed E-state index contributed by atoms with van der Waals surface area (Å²) in [5.41, 5.74) is 0.169. The maximum atomic E-state index is 13.1. The van der Waals surface area contributed by atoms with E-state index >= 15 is 0 Å². The first-order chi connectivity index (χ1) is 7.42. The zero-order valence-corrected chi connectivity index (χ0v) is 9.83. The first-order valence-corrected chi connectivity index (χ1v) is 5.59. The van der Waals surface area contributed by atoms with Gasteiger partial charge < -0.3 is 9.84 Å². The van der Waals surface area contributed by atoms with E-state index in [1.54, 1.807) is 6.07 Å². The number of halogens is 1. The van der Waals surface area contributed by atoms with Gasteiger partial charge in [0.2, 0.25) is 0 Å². The molecule has 0 aromatic heterocycles. The fourth-order valence-electron chi connectivity index (χ4n) is 2.01. The molecule has 0 bridgehead atoms. The number of aliphatic hydroxyl groups is 1. The average molecular weight is 224 g/mol. The molecule has 1 aromatic rings. The van der Waals surface area contributed by atoms with E-state index in [2.05, 4.69) is 13.8 Å². The van der Waals surface area contributed by atoms with Gasteiger partial charge in [-0.1, -0.05) is 13.8 Å². The molecule has 2 atom stereocenters. The van der Waals surface area contributed by atoms with E-state index in [0.717, 1.165) is 0 Å². The van der Waals surface area contributed by atoms with Crippen molar-refractivity contribution in [2.45, 2.75) is 38.9 Å². The van der Waals surface area contributed by atoms with Gasteiger partial charge in [-0.2, -0.15) is 0 Å². The van der Waals surface area contributed by atoms with Gasteiger partial charge in [-0.3, -0.25) is 0 Å². The normalized spacial score (nSPS) is 28.8. The molecular formula is C13H17FO2. The molecule has 1 aliphatic rings. The molecule has 0 saturated heterocycles. The van der Waals surface area contributed by atoms with Crippen LogP contribution in [0.2, 0.25) is 0 Å². The molecule has 0 radical (unpaired) electrons. The van der Waals surface area contributed by atoms with Crippen LogP contribution in [0.3, 0.4) is 0 Å². The second-order valence-corrected chi connectivity index (χ2v) is 4.97. The molecule has 0 saturated carbocycles. The molecule has 1 unspecified atom stereocenters. The Balaban J connectivity index is 2.40. The molecule has 0 fully saturated rings. The summed E-state index contributed by atoms with van der Waals surface area (Å²) in [5, 5.41) is 10.0. The number of ether oxygens (including phenoxy) is 1. The Morgan fingerprint density at radius 2 is 2.19 bits per heavy atom. The molecule has 1 N–H and O–H groups in total. The highest BCUT2D eigenvalue weighted by Crippen LogP contribution is 2.42. The summed E-state index contributed by atoms with van der Waals surface area (Å²) in [6, 6.07) is 4.30. The van der Waals surface area contributed by atoms with Crippen molar-refractivity contribution in [2.75, 3.05) is 0 Å². The van der Waals surface area contributed by atoms with E-state index in [-0.39, 0.29) is 11.4 Å². The standard InChI is InChI=1S/C13H17FO2/c1-8(2)13(3)7-11(15)10-6-9(14)4-5-12(10)16-13/h4-6,8,11,15H,7H2,1-3H3/t11-,13?/m0/s1. The molecule has 0 amide bonds. The highest BCUT2D eigenvalue weighted by molar-refractivity contribution is 5.38. The van der Waals surface area contributed by atoms with Gasteiger partial charge in [0.1, 0.15) is 17.2 Å². The summed E-state index contributed by atoms with van der Waals surface area (Å²) in [5.74, 6) is 0.547. The molecule has 0 aliphatic carbocycles. The third-order valence-electron chi connectivity index (χ3n) is 3.49. The Morgan fingerprint density at radius 3 is 2.81 bits per heavy atom. The van der Waals surface area contributed by atoms with Crippen LogP contribution in [-0.4, -0.2) is 10.7 Å². The Kier molecular flexibility index (Phi) is 2.66. The van der Waals surface area contributed by atoms with Crippen molar-refractivity contribution < 1.29 is 14.2 Å². The van der Waals surface area contributed by atoms with Crippen molar-refractivity contribution in [2.24, 2.45) is 5.92 Å². The zero-order chi connectivity index (χ0) is 11.9. The molecule has 1 heterocycles. The van der Waals surface area contributed by atoms with Crippen molar-refractivity contribution in [1.29, 1.82) is 0 Å². The van der Waals surface area contributed by atoms with E-state index < -0.39 is 6.10 Å². The monoisotopic (exact) mass is 224 g/mol. The van der Waals surface area contributed by atoms with E-state index in [0.29, 0.717) is 23.7 Å². The Labute approximate surface area is 95.1 Å². The maximum Gasteiger partial charge on any atom is 0.126 e. The van der Waals surface area contributed by atoms with Crippen molar-refractivity contribution in [3.05, 3.63) is 29.6 Å². The molecule has 3 heteroatoms. The van der Waals surface area contributed by atoms with Crippen molar-refractivity contribution in [1.82, 2.24) is 0 Å². The lowest BCUT2D eigenvalue weighted by molar-refractivity contribution is -0.0323. The Morgan fingerprint density at radius 1 is 1.50 bits per heavy atom. The third kappa shape index (κ3) is 1.80. The van der Waals surface area contributed by atoms with Crippen LogP contribution in [0.1, 0.15) is 38.9 Å². The summed E-state index contributed by atoms with van der Waals surface area (Å²) >= 11 is 0. The fraction of sp³-hybridized carbons (Fsp3) is 0.538. The number of aliphatic hydroxyl groups excluding tert-OH is 1. The predicted octanol–water partition coefficient (Wildman–Crippen LogP) is 3.06. The van der Waals surface area contributed by atoms with Gasteiger partial charge in [-0.05, 0) is 31.0 Å². The van der Waals surface area contributed by atoms with Crippen molar-refractivity contribution >= 4 is 0 Å². The lowest BCUT2D eigenvalue weighted by Crippen LogP contribution is -2.42. The minimum absolute atomic E-state index is 0.292. The van der Waals surface area contributed by atoms with Gasteiger partial charge in [0.25, 0.3) is 0 Å². The van der Waals surface area contributed by atoms with Gasteiger partial charge in [0.05, 0.1) is 6.10 Å². The van der Waals surface area contributed by atoms with Crippen molar-refractivity contribution in [3.8, 4) is 5.75 Å². The summed E-state index contributed by atoms with van der Waals surface area (Å²) in [6.45, 7) is 6.09. The summed E-state index contributed by atoms with van der Waals surface area (Å²) in [4.78, 5) is 0. The lowest BCUT2D eigenvalue weighted by Gasteiger charge is -2.41. The van der Waals surface area contributed by atoms with E-state index in [1.165, 1.54) is 12.1 Å². The molecule has 1 aliphatic heterocycles. The highest BCUT2D eigenvalue weighted by atomic mass is 19.1. The van der Waals surface area contributed by atoms with E-state index in [9.17, 15) is 9.50 Å². The maximum absolute atomic E-state index is 13.1. The van der Waals surface area contributed by atoms with E-state index in [1.807, 2.05) is 6.92 Å². The number of benzene rings is 1. The predicted molar refractivity (Wildman–Crippen MR) is 59.8 cm³/mol. The molecular weight excluding hydrogens is 207 g/mol. The topological polar surface area (TPSA) is 29.5 Å². The minimum Gasteiger partial charge on any atom is -0.487 e. The summed E-state index contributed by atoms with van der Waals surface area (Å²) in [6.07, 6.45) is -0.145. The van der Waals surface area contributed by atoms with Gasteiger partial charge in [0, 0.05) is 12.0 Å². The molecule has 88 valence electrons. The SMILES string of the molecule is CC(C)C1(C)C[C@H](O)c2cc(F)ccc2O1. The van der Waals surface area contributed by atoms with Gasteiger partial charge in [0.15, 0.2) is 0 Å². The van der Waals surface area contributed by atoms with Crippen molar-refractivity contribution in [3.63, 3.8) is 0 Å². The van der Waals surface area contributed by atoms with Crippen LogP contribution >= 0.6 is 0 Å². The summed E-state index contributed by atoms with van der Waals surface area (Å²) < 4.78 is 18.9. The second-order valence-electron chi connectivity index (χ2n) is 4.97. The first-order valence-electron chi connectivity index (χ1n) is 5.59. The average Bonchev–Trinajstić information content (AvgIpc) is 2.19. The Hall–Kier alpha value is -1.09. The number of fused-ring (bicyclic) bond motifs is 1.